The molecular weight excluding hydrogens is 579 g/mol. The van der Waals surface area contributed by atoms with Crippen molar-refractivity contribution in [3.05, 3.63) is 57.5 Å². The molecule has 0 aliphatic rings. The van der Waals surface area contributed by atoms with Crippen LogP contribution in [0.2, 0.25) is 0 Å². The van der Waals surface area contributed by atoms with Gasteiger partial charge in [0.05, 0.1) is 49.5 Å². The van der Waals surface area contributed by atoms with E-state index in [1.165, 1.54) is 43.5 Å². The summed E-state index contributed by atoms with van der Waals surface area (Å²) in [5.74, 6) is -1.49. The smallest absolute Gasteiger partial charge is 0.308 e. The van der Waals surface area contributed by atoms with Gasteiger partial charge in [0.2, 0.25) is 16.0 Å². The molecule has 2 atom stereocenters. The zero-order valence-corrected chi connectivity index (χ0v) is 24.5. The summed E-state index contributed by atoms with van der Waals surface area (Å²) in [7, 11) is -2.37. The highest BCUT2D eigenvalue weighted by Gasteiger charge is 2.23. The maximum Gasteiger partial charge on any atom is 0.308 e. The van der Waals surface area contributed by atoms with Crippen molar-refractivity contribution in [3.63, 3.8) is 0 Å². The lowest BCUT2D eigenvalue weighted by Crippen LogP contribution is -2.27. The minimum atomic E-state index is -3.69. The van der Waals surface area contributed by atoms with Gasteiger partial charge in [-0.2, -0.15) is 0 Å². The maximum atomic E-state index is 13.6. The molecule has 1 aromatic carbocycles. The lowest BCUT2D eigenvalue weighted by Gasteiger charge is -2.20. The van der Waals surface area contributed by atoms with Gasteiger partial charge in [-0.25, -0.2) is 27.1 Å². The van der Waals surface area contributed by atoms with Gasteiger partial charge in [0.25, 0.3) is 5.09 Å². The minimum Gasteiger partial charge on any atom is -0.463 e. The number of hydrogen-bond acceptors (Lipinski definition) is 12. The summed E-state index contributed by atoms with van der Waals surface area (Å²) in [5.41, 5.74) is 1.71. The number of ether oxygens (including phenoxy) is 2. The van der Waals surface area contributed by atoms with E-state index in [2.05, 4.69) is 14.8 Å². The highest BCUT2D eigenvalue weighted by atomic mass is 32.2. The molecule has 2 aromatic rings. The summed E-state index contributed by atoms with van der Waals surface area (Å²) in [6, 6.07) is 5.45. The van der Waals surface area contributed by atoms with Crippen molar-refractivity contribution in [1.29, 1.82) is 0 Å². The van der Waals surface area contributed by atoms with Crippen LogP contribution in [0.5, 0.6) is 0 Å². The van der Waals surface area contributed by atoms with Gasteiger partial charge in [0.1, 0.15) is 19.0 Å². The number of esters is 1. The van der Waals surface area contributed by atoms with Gasteiger partial charge in [0, 0.05) is 24.6 Å². The van der Waals surface area contributed by atoms with Crippen LogP contribution < -0.4 is 4.31 Å². The summed E-state index contributed by atoms with van der Waals surface area (Å²) >= 11 is 0. The predicted octanol–water partition coefficient (Wildman–Crippen LogP) is 2.09. The second-order valence-electron chi connectivity index (χ2n) is 9.47. The normalized spacial score (nSPS) is 13.2. The maximum absolute atomic E-state index is 13.6. The van der Waals surface area contributed by atoms with Crippen molar-refractivity contribution in [2.45, 2.75) is 44.8 Å². The Morgan fingerprint density at radius 2 is 1.79 bits per heavy atom. The molecule has 0 saturated carbocycles. The van der Waals surface area contributed by atoms with Gasteiger partial charge in [-0.3, -0.25) is 4.79 Å². The van der Waals surface area contributed by atoms with E-state index in [0.29, 0.717) is 22.5 Å². The molecule has 2 rings (SSSR count). The van der Waals surface area contributed by atoms with Gasteiger partial charge in [0.15, 0.2) is 0 Å². The lowest BCUT2D eigenvalue weighted by molar-refractivity contribution is -0.758. The highest BCUT2D eigenvalue weighted by molar-refractivity contribution is 7.92. The van der Waals surface area contributed by atoms with Crippen molar-refractivity contribution in [2.75, 3.05) is 44.0 Å². The number of aromatic nitrogens is 2. The number of sulfonamides is 1. The summed E-state index contributed by atoms with van der Waals surface area (Å²) in [4.78, 5) is 35.0. The van der Waals surface area contributed by atoms with Crippen molar-refractivity contribution in [1.82, 2.24) is 9.97 Å². The Hall–Kier alpha value is -3.73. The second kappa shape index (κ2) is 16.1. The monoisotopic (exact) mass is 614 g/mol. The van der Waals surface area contributed by atoms with E-state index >= 15 is 0 Å². The molecule has 0 aliphatic heterocycles. The number of halogens is 1. The summed E-state index contributed by atoms with van der Waals surface area (Å²) in [6.45, 7) is 3.20. The quantitative estimate of drug-likeness (QED) is 0.114. The van der Waals surface area contributed by atoms with Crippen LogP contribution in [0.25, 0.3) is 17.3 Å². The number of benzene rings is 1. The number of carbonyl (C=O) groups is 1. The van der Waals surface area contributed by atoms with Gasteiger partial charge in [-0.15, -0.1) is 10.1 Å². The van der Waals surface area contributed by atoms with E-state index in [1.807, 2.05) is 13.8 Å². The average molecular weight is 615 g/mol. The molecular formula is C26H35FN4O10S. The molecule has 0 saturated heterocycles. The third kappa shape index (κ3) is 11.3. The molecule has 1 heterocycles. The Morgan fingerprint density at radius 1 is 1.14 bits per heavy atom. The van der Waals surface area contributed by atoms with Crippen LogP contribution >= 0.6 is 0 Å². The van der Waals surface area contributed by atoms with Crippen LogP contribution in [-0.4, -0.2) is 91.6 Å². The average Bonchev–Trinajstić information content (AvgIpc) is 2.90. The lowest BCUT2D eigenvalue weighted by atomic mass is 9.97. The number of anilines is 1. The van der Waals surface area contributed by atoms with Gasteiger partial charge >= 0.3 is 5.97 Å². The molecule has 1 aromatic heterocycles. The third-order valence-electron chi connectivity index (χ3n) is 5.72. The number of hydrogen-bond donors (Lipinski definition) is 2. The molecule has 0 fully saturated rings. The first-order valence-corrected chi connectivity index (χ1v) is 14.7. The molecule has 16 heteroatoms. The SMILES string of the molecule is CC(C)c1nc(N(C)S(C)(=O)=O)nc(-c2ccc(F)cc2)c1C=C[C@@H](O)C[C@@H](O)CC(=O)OCCOCCO[N+](=O)[O-]. The third-order valence-corrected chi connectivity index (χ3v) is 6.88. The van der Waals surface area contributed by atoms with Gasteiger partial charge in [-0.05, 0) is 30.2 Å². The van der Waals surface area contributed by atoms with E-state index in [-0.39, 0.29) is 44.7 Å². The van der Waals surface area contributed by atoms with E-state index < -0.39 is 45.5 Å². The van der Waals surface area contributed by atoms with Crippen molar-refractivity contribution in [2.24, 2.45) is 0 Å². The number of rotatable bonds is 17. The van der Waals surface area contributed by atoms with Crippen LogP contribution in [0.3, 0.4) is 0 Å². The minimum absolute atomic E-state index is 0.0241. The van der Waals surface area contributed by atoms with Crippen LogP contribution in [-0.2, 0) is 29.1 Å². The Kier molecular flexibility index (Phi) is 13.2. The zero-order chi connectivity index (χ0) is 31.4. The molecule has 14 nitrogen and oxygen atoms in total. The fourth-order valence-electron chi connectivity index (χ4n) is 3.58. The first kappa shape index (κ1) is 34.5. The topological polar surface area (TPSA) is 192 Å². The van der Waals surface area contributed by atoms with Crippen LogP contribution in [0, 0.1) is 15.9 Å². The predicted molar refractivity (Wildman–Crippen MR) is 150 cm³/mol. The highest BCUT2D eigenvalue weighted by Crippen LogP contribution is 2.31. The molecule has 0 spiro atoms. The number of aliphatic hydroxyl groups is 2. The van der Waals surface area contributed by atoms with Crippen LogP contribution in [0.15, 0.2) is 30.3 Å². The summed E-state index contributed by atoms with van der Waals surface area (Å²) in [5, 5.41) is 29.9. The molecule has 0 bridgehead atoms. The Labute approximate surface area is 242 Å². The first-order chi connectivity index (χ1) is 19.7. The standard InChI is InChI=1S/C26H35FN4O10S/c1-17(2)24-22(25(18-5-7-19(27)8-6-18)29-26(28-24)30(3)42(4,37)38)10-9-20(32)15-21(33)16-23(34)40-13-11-39-12-14-41-31(35)36/h5-10,17,20-21,32-33H,11-16H2,1-4H3/t20-,21-/m1/s1. The Morgan fingerprint density at radius 3 is 2.38 bits per heavy atom. The van der Waals surface area contributed by atoms with Crippen molar-refractivity contribution >= 4 is 28.0 Å². The van der Waals surface area contributed by atoms with Crippen LogP contribution in [0.1, 0.15) is 43.9 Å². The molecule has 2 N–H and O–H groups in total. The van der Waals surface area contributed by atoms with E-state index in [9.17, 15) is 37.9 Å². The Balaban J connectivity index is 2.15. The molecule has 0 aliphatic carbocycles. The molecule has 232 valence electrons. The largest absolute Gasteiger partial charge is 0.463 e. The van der Waals surface area contributed by atoms with E-state index in [0.717, 1.165) is 10.6 Å². The van der Waals surface area contributed by atoms with E-state index in [1.54, 1.807) is 0 Å². The van der Waals surface area contributed by atoms with Gasteiger partial charge < -0.3 is 24.5 Å². The zero-order valence-electron chi connectivity index (χ0n) is 23.7. The molecule has 0 unspecified atom stereocenters. The van der Waals surface area contributed by atoms with Crippen molar-refractivity contribution in [3.8, 4) is 11.3 Å². The van der Waals surface area contributed by atoms with E-state index in [4.69, 9.17) is 9.47 Å². The second-order valence-corrected chi connectivity index (χ2v) is 11.5. The number of aliphatic hydroxyl groups excluding tert-OH is 2. The fraction of sp³-hybridized carbons (Fsp3) is 0.500. The number of nitrogens with zero attached hydrogens (tertiary/aromatic N) is 4. The summed E-state index contributed by atoms with van der Waals surface area (Å²) < 4.78 is 48.9. The molecule has 0 radical (unpaired) electrons. The first-order valence-electron chi connectivity index (χ1n) is 12.9. The van der Waals surface area contributed by atoms with Crippen LogP contribution in [0.4, 0.5) is 10.3 Å². The van der Waals surface area contributed by atoms with Gasteiger partial charge in [-0.1, -0.05) is 26.0 Å². The molecule has 0 amide bonds. The van der Waals surface area contributed by atoms with Crippen molar-refractivity contribution < 1.29 is 47.2 Å². The summed E-state index contributed by atoms with van der Waals surface area (Å²) in [6.07, 6.45) is 0.884. The fourth-order valence-corrected chi connectivity index (χ4v) is 3.96. The Bertz CT molecular complexity index is 1340. The number of carbonyl (C=O) groups excluding carboxylic acids is 1. The molecule has 42 heavy (non-hydrogen) atoms.